The topological polar surface area (TPSA) is 85.6 Å². The van der Waals surface area contributed by atoms with Crippen molar-refractivity contribution in [3.05, 3.63) is 59.5 Å². The summed E-state index contributed by atoms with van der Waals surface area (Å²) in [6.07, 6.45) is 0. The average molecular weight is 483 g/mol. The summed E-state index contributed by atoms with van der Waals surface area (Å²) in [6, 6.07) is 11.1. The number of thioether (sulfide) groups is 1. The highest BCUT2D eigenvalue weighted by Crippen LogP contribution is 2.29. The average Bonchev–Trinajstić information content (AvgIpc) is 3.41. The Bertz CT molecular complexity index is 1500. The maximum absolute atomic E-state index is 14.0. The Morgan fingerprint density at radius 3 is 2.85 bits per heavy atom. The maximum Gasteiger partial charge on any atom is 0.236 e. The van der Waals surface area contributed by atoms with Gasteiger partial charge in [-0.15, -0.1) is 21.5 Å². The van der Waals surface area contributed by atoms with Gasteiger partial charge in [0.2, 0.25) is 11.1 Å². The fourth-order valence-electron chi connectivity index (χ4n) is 3.50. The predicted molar refractivity (Wildman–Crippen MR) is 125 cm³/mol. The van der Waals surface area contributed by atoms with Gasteiger partial charge in [0, 0.05) is 22.9 Å². The van der Waals surface area contributed by atoms with Crippen LogP contribution in [0.4, 0.5) is 13.9 Å². The van der Waals surface area contributed by atoms with E-state index in [0.717, 1.165) is 69.9 Å². The number of halogens is 2. The van der Waals surface area contributed by atoms with Gasteiger partial charge in [-0.25, -0.2) is 18.7 Å². The van der Waals surface area contributed by atoms with Crippen LogP contribution in [0.3, 0.4) is 0 Å². The summed E-state index contributed by atoms with van der Waals surface area (Å²) in [5, 5.41) is 14.4. The predicted octanol–water partition coefficient (Wildman–Crippen LogP) is 5.13. The molecule has 0 radical (unpaired) electrons. The highest BCUT2D eigenvalue weighted by atomic mass is 32.2. The number of benzene rings is 2. The van der Waals surface area contributed by atoms with E-state index in [1.165, 1.54) is 0 Å². The van der Waals surface area contributed by atoms with Gasteiger partial charge in [0.25, 0.3) is 0 Å². The summed E-state index contributed by atoms with van der Waals surface area (Å²) in [7, 11) is 0. The van der Waals surface area contributed by atoms with Crippen molar-refractivity contribution in [1.29, 1.82) is 0 Å². The lowest BCUT2D eigenvalue weighted by molar-refractivity contribution is -0.113. The number of fused-ring (bicyclic) bond motifs is 3. The number of aromatic nitrogens is 5. The van der Waals surface area contributed by atoms with E-state index >= 15 is 0 Å². The molecular formula is C22H16F2N6OS2. The SMILES string of the molecule is CCn1c2ccccc2c2nnc(SCC(=O)Nc3nc(-c4cc(F)ccc4F)cs3)nc21. The lowest BCUT2D eigenvalue weighted by Crippen LogP contribution is -2.14. The number of carbonyl (C=O) groups excluding carboxylic acids is 1. The molecule has 2 aromatic carbocycles. The molecule has 1 N–H and O–H groups in total. The second-order valence-corrected chi connectivity index (χ2v) is 8.83. The third-order valence-electron chi connectivity index (χ3n) is 4.96. The number of rotatable bonds is 6. The molecule has 3 aromatic heterocycles. The summed E-state index contributed by atoms with van der Waals surface area (Å²) in [6.45, 7) is 2.76. The molecule has 0 atom stereocenters. The molecule has 0 aliphatic rings. The van der Waals surface area contributed by atoms with E-state index in [9.17, 15) is 13.6 Å². The molecule has 1 amide bonds. The number of para-hydroxylation sites is 1. The number of nitrogens with zero attached hydrogens (tertiary/aromatic N) is 5. The number of carbonyl (C=O) groups is 1. The molecule has 166 valence electrons. The molecule has 0 spiro atoms. The lowest BCUT2D eigenvalue weighted by atomic mass is 10.1. The van der Waals surface area contributed by atoms with Crippen LogP contribution in [0.1, 0.15) is 6.92 Å². The fraction of sp³-hybridized carbons (Fsp3) is 0.136. The smallest absolute Gasteiger partial charge is 0.236 e. The first-order valence-corrected chi connectivity index (χ1v) is 11.8. The minimum atomic E-state index is -0.584. The largest absolute Gasteiger partial charge is 0.324 e. The molecule has 7 nitrogen and oxygen atoms in total. The summed E-state index contributed by atoms with van der Waals surface area (Å²) in [5.41, 5.74) is 2.77. The van der Waals surface area contributed by atoms with Gasteiger partial charge in [0.15, 0.2) is 10.8 Å². The van der Waals surface area contributed by atoms with Crippen molar-refractivity contribution in [2.24, 2.45) is 0 Å². The van der Waals surface area contributed by atoms with E-state index in [4.69, 9.17) is 0 Å². The second-order valence-electron chi connectivity index (χ2n) is 7.03. The molecule has 0 fully saturated rings. The first-order valence-electron chi connectivity index (χ1n) is 9.98. The minimum absolute atomic E-state index is 0.0419. The zero-order valence-electron chi connectivity index (χ0n) is 17.2. The van der Waals surface area contributed by atoms with Crippen molar-refractivity contribution < 1.29 is 13.6 Å². The Labute approximate surface area is 194 Å². The summed E-state index contributed by atoms with van der Waals surface area (Å²) < 4.78 is 29.5. The fourth-order valence-corrected chi connectivity index (χ4v) is 4.81. The number of anilines is 1. The first-order chi connectivity index (χ1) is 16.0. The standard InChI is InChI=1S/C22H16F2N6OS2/c1-2-30-17-6-4-3-5-13(17)19-20(30)27-22(29-28-19)33-11-18(31)26-21-25-16(10-32-21)14-9-12(23)7-8-15(14)24/h3-10H,2,11H2,1H3,(H,25,26,31). The molecule has 0 saturated heterocycles. The monoisotopic (exact) mass is 482 g/mol. The van der Waals surface area contributed by atoms with Crippen molar-refractivity contribution in [3.8, 4) is 11.3 Å². The van der Waals surface area contributed by atoms with Crippen LogP contribution < -0.4 is 5.32 Å². The Morgan fingerprint density at radius 2 is 2.00 bits per heavy atom. The van der Waals surface area contributed by atoms with Gasteiger partial charge in [0.05, 0.1) is 17.0 Å². The van der Waals surface area contributed by atoms with Gasteiger partial charge in [-0.1, -0.05) is 30.0 Å². The Morgan fingerprint density at radius 1 is 1.15 bits per heavy atom. The Hall–Kier alpha value is -3.44. The van der Waals surface area contributed by atoms with E-state index in [1.807, 2.05) is 31.2 Å². The molecule has 33 heavy (non-hydrogen) atoms. The number of amides is 1. The number of aryl methyl sites for hydroxylation is 1. The summed E-state index contributed by atoms with van der Waals surface area (Å²) in [5.74, 6) is -1.42. The minimum Gasteiger partial charge on any atom is -0.324 e. The molecule has 0 aliphatic heterocycles. The van der Waals surface area contributed by atoms with Crippen LogP contribution in [0, 0.1) is 11.6 Å². The van der Waals surface area contributed by atoms with Crippen molar-refractivity contribution in [2.75, 3.05) is 11.1 Å². The van der Waals surface area contributed by atoms with Crippen molar-refractivity contribution in [1.82, 2.24) is 24.7 Å². The third-order valence-corrected chi connectivity index (χ3v) is 6.55. The molecule has 5 rings (SSSR count). The molecule has 0 unspecified atom stereocenters. The van der Waals surface area contributed by atoms with Crippen LogP contribution >= 0.6 is 23.1 Å². The third kappa shape index (κ3) is 4.16. The van der Waals surface area contributed by atoms with E-state index in [0.29, 0.717) is 10.3 Å². The van der Waals surface area contributed by atoms with E-state index in [1.54, 1.807) is 5.38 Å². The second kappa shape index (κ2) is 8.83. The highest BCUT2D eigenvalue weighted by molar-refractivity contribution is 7.99. The molecular weight excluding hydrogens is 466 g/mol. The maximum atomic E-state index is 14.0. The van der Waals surface area contributed by atoms with Crippen molar-refractivity contribution >= 4 is 56.2 Å². The number of hydrogen-bond acceptors (Lipinski definition) is 7. The van der Waals surface area contributed by atoms with Crippen LogP contribution in [0.5, 0.6) is 0 Å². The van der Waals surface area contributed by atoms with Gasteiger partial charge in [0.1, 0.15) is 17.2 Å². The lowest BCUT2D eigenvalue weighted by Gasteiger charge is -2.03. The van der Waals surface area contributed by atoms with E-state index in [-0.39, 0.29) is 22.9 Å². The van der Waals surface area contributed by atoms with Crippen LogP contribution in [0.2, 0.25) is 0 Å². The number of hydrogen-bond donors (Lipinski definition) is 1. The molecule has 5 aromatic rings. The van der Waals surface area contributed by atoms with Gasteiger partial charge in [-0.2, -0.15) is 0 Å². The van der Waals surface area contributed by atoms with Crippen LogP contribution in [0.25, 0.3) is 33.3 Å². The zero-order valence-corrected chi connectivity index (χ0v) is 18.9. The number of nitrogens with one attached hydrogen (secondary N) is 1. The summed E-state index contributed by atoms with van der Waals surface area (Å²) >= 11 is 2.29. The van der Waals surface area contributed by atoms with Crippen LogP contribution in [-0.4, -0.2) is 36.4 Å². The first kappa shape index (κ1) is 21.4. The van der Waals surface area contributed by atoms with E-state index < -0.39 is 11.6 Å². The summed E-state index contributed by atoms with van der Waals surface area (Å²) in [4.78, 5) is 21.2. The normalized spacial score (nSPS) is 11.4. The molecule has 0 aliphatic carbocycles. The van der Waals surface area contributed by atoms with Gasteiger partial charge < -0.3 is 9.88 Å². The van der Waals surface area contributed by atoms with E-state index in [2.05, 4.69) is 30.0 Å². The molecule has 0 saturated carbocycles. The van der Waals surface area contributed by atoms with Crippen LogP contribution in [-0.2, 0) is 11.3 Å². The number of thiazole rings is 1. The van der Waals surface area contributed by atoms with Crippen molar-refractivity contribution in [3.63, 3.8) is 0 Å². The van der Waals surface area contributed by atoms with Gasteiger partial charge in [-0.05, 0) is 31.2 Å². The molecule has 11 heteroatoms. The zero-order chi connectivity index (χ0) is 22.9. The molecule has 3 heterocycles. The Balaban J connectivity index is 1.29. The quantitative estimate of drug-likeness (QED) is 0.338. The van der Waals surface area contributed by atoms with Crippen LogP contribution in [0.15, 0.2) is 53.0 Å². The van der Waals surface area contributed by atoms with Gasteiger partial charge >= 0.3 is 0 Å². The van der Waals surface area contributed by atoms with Gasteiger partial charge in [-0.3, -0.25) is 4.79 Å². The molecule has 0 bridgehead atoms. The highest BCUT2D eigenvalue weighted by Gasteiger charge is 2.16. The van der Waals surface area contributed by atoms with Crippen molar-refractivity contribution in [2.45, 2.75) is 18.6 Å². The Kier molecular flexibility index (Phi) is 5.73.